The smallest absolute Gasteiger partial charge is 0.291 e. The molecule has 2 heterocycles. The maximum Gasteiger partial charge on any atom is 0.291 e. The third-order valence-corrected chi connectivity index (χ3v) is 8.67. The number of fused-ring (bicyclic) bond motifs is 1. The van der Waals surface area contributed by atoms with Gasteiger partial charge in [0.15, 0.2) is 0 Å². The summed E-state index contributed by atoms with van der Waals surface area (Å²) in [5.74, 6) is -9.37. The molecule has 5 amide bonds. The van der Waals surface area contributed by atoms with Crippen molar-refractivity contribution >= 4 is 41.1 Å². The summed E-state index contributed by atoms with van der Waals surface area (Å²) < 4.78 is 41.0. The van der Waals surface area contributed by atoms with Crippen molar-refractivity contribution in [1.82, 2.24) is 26.0 Å². The summed E-state index contributed by atoms with van der Waals surface area (Å²) in [5.41, 5.74) is -0.910. The fourth-order valence-electron chi connectivity index (χ4n) is 6.16. The van der Waals surface area contributed by atoms with Gasteiger partial charge >= 0.3 is 0 Å². The Bertz CT molecular complexity index is 1050. The Balaban J connectivity index is 1.55. The monoisotopic (exact) mass is 591 g/mol. The van der Waals surface area contributed by atoms with Gasteiger partial charge in [-0.25, -0.2) is 18.2 Å². The van der Waals surface area contributed by atoms with Crippen LogP contribution in [0.15, 0.2) is 0 Å². The van der Waals surface area contributed by atoms with E-state index >= 15 is 0 Å². The van der Waals surface area contributed by atoms with E-state index in [1.165, 1.54) is 4.90 Å². The van der Waals surface area contributed by atoms with Gasteiger partial charge in [0.1, 0.15) is 18.0 Å². The minimum Gasteiger partial charge on any atom is -0.356 e. The first-order valence-electron chi connectivity index (χ1n) is 13.8. The number of alkyl halides is 4. The number of halogens is 4. The topological polar surface area (TPSA) is 128 Å². The normalized spacial score (nSPS) is 30.5. The molecular weight excluding hydrogens is 555 g/mol. The molecule has 0 unspecified atom stereocenters. The molecule has 0 aromatic carbocycles. The lowest BCUT2D eigenvalue weighted by Gasteiger charge is -2.37. The van der Waals surface area contributed by atoms with E-state index in [9.17, 15) is 37.1 Å². The molecule has 2 saturated carbocycles. The Hall–Kier alpha value is -2.57. The number of hydrazine groups is 1. The molecule has 4 rings (SSSR count). The molecular formula is C26H37ClF3N5O5. The number of nitrogens with zero attached hydrogens (tertiary/aromatic N) is 2. The number of piperidine rings is 1. The van der Waals surface area contributed by atoms with E-state index in [1.807, 2.05) is 0 Å². The Kier molecular flexibility index (Phi) is 8.64. The third kappa shape index (κ3) is 6.33. The lowest BCUT2D eigenvalue weighted by atomic mass is 9.85. The highest BCUT2D eigenvalue weighted by atomic mass is 35.5. The molecule has 4 aliphatic rings. The number of carbonyl (C=O) groups is 5. The Morgan fingerprint density at radius 2 is 1.82 bits per heavy atom. The van der Waals surface area contributed by atoms with Crippen molar-refractivity contribution in [3.05, 3.63) is 0 Å². The number of nitrogens with one attached hydrogen (secondary N) is 3. The predicted octanol–water partition coefficient (Wildman–Crippen LogP) is 1.72. The average molecular weight is 592 g/mol. The lowest BCUT2D eigenvalue weighted by molar-refractivity contribution is -0.151. The maximum absolute atomic E-state index is 13.9. The zero-order chi connectivity index (χ0) is 29.6. The van der Waals surface area contributed by atoms with Crippen molar-refractivity contribution in [2.75, 3.05) is 19.6 Å². The van der Waals surface area contributed by atoms with Gasteiger partial charge in [-0.3, -0.25) is 29.4 Å². The Morgan fingerprint density at radius 1 is 1.15 bits per heavy atom. The maximum atomic E-state index is 13.9. The lowest BCUT2D eigenvalue weighted by Crippen LogP contribution is -2.61. The summed E-state index contributed by atoms with van der Waals surface area (Å²) in [6.45, 7) is 5.44. The number of carbonyl (C=O) groups excluding carboxylic acids is 5. The second-order valence-electron chi connectivity index (χ2n) is 12.5. The molecule has 14 heteroatoms. The van der Waals surface area contributed by atoms with Crippen LogP contribution >= 0.6 is 11.6 Å². The van der Waals surface area contributed by atoms with Crippen molar-refractivity contribution in [2.24, 2.45) is 29.1 Å². The van der Waals surface area contributed by atoms with Gasteiger partial charge in [0.25, 0.3) is 23.4 Å². The minimum atomic E-state index is -3.11. The van der Waals surface area contributed by atoms with Crippen LogP contribution in [0.3, 0.4) is 0 Å². The summed E-state index contributed by atoms with van der Waals surface area (Å²) >= 11 is 5.41. The standard InChI is InChI=1S/C26H37ClF3N5O5/c1-25(2,3)18(32-21(37)16-10-26(16,29)30)23(39)34-11-13-6-4-8-15(13)17(34)22(38)33-35(24(40)19(27)28)12-14-7-5-9-31-20(14)36/h13-19H,4-12H2,1-3H3,(H,31,36)(H,32,37)(H,33,38)/t13-,14-,15-,16-,17-,18+,19-/m0/s1. The Morgan fingerprint density at radius 3 is 2.40 bits per heavy atom. The quantitative estimate of drug-likeness (QED) is 0.307. The highest BCUT2D eigenvalue weighted by Crippen LogP contribution is 2.49. The molecule has 40 heavy (non-hydrogen) atoms. The summed E-state index contributed by atoms with van der Waals surface area (Å²) in [5, 5.41) is 5.87. The minimum absolute atomic E-state index is 0.0148. The van der Waals surface area contributed by atoms with E-state index in [4.69, 9.17) is 11.6 Å². The summed E-state index contributed by atoms with van der Waals surface area (Å²) in [6, 6.07) is -2.24. The van der Waals surface area contributed by atoms with Crippen LogP contribution in [0, 0.1) is 29.1 Å². The molecule has 2 aliphatic heterocycles. The van der Waals surface area contributed by atoms with Crippen molar-refractivity contribution in [2.45, 2.75) is 82.9 Å². The highest BCUT2D eigenvalue weighted by molar-refractivity contribution is 6.29. The van der Waals surface area contributed by atoms with Crippen LogP contribution in [0.1, 0.15) is 59.3 Å². The van der Waals surface area contributed by atoms with Gasteiger partial charge in [-0.15, -0.1) is 0 Å². The number of hydrogen-bond donors (Lipinski definition) is 3. The molecule has 4 fully saturated rings. The molecule has 0 aromatic rings. The average Bonchev–Trinajstić information content (AvgIpc) is 3.17. The number of rotatable bonds is 7. The van der Waals surface area contributed by atoms with Crippen molar-refractivity contribution in [3.63, 3.8) is 0 Å². The van der Waals surface area contributed by atoms with Crippen LogP contribution in [0.25, 0.3) is 0 Å². The second-order valence-corrected chi connectivity index (χ2v) is 12.9. The van der Waals surface area contributed by atoms with Crippen LogP contribution in [0.4, 0.5) is 13.2 Å². The molecule has 0 spiro atoms. The van der Waals surface area contributed by atoms with E-state index < -0.39 is 70.9 Å². The predicted molar refractivity (Wildman–Crippen MR) is 137 cm³/mol. The van der Waals surface area contributed by atoms with Gasteiger partial charge in [-0.05, 0) is 42.9 Å². The van der Waals surface area contributed by atoms with Gasteiger partial charge in [0.2, 0.25) is 17.7 Å². The SMILES string of the molecule is CC(C)(C)[C@H](NC(=O)[C@@H]1CC1(F)F)C(=O)N1C[C@@H]2CCC[C@@H]2[C@H]1C(=O)NN(C[C@@H]1CCCNC1=O)C(=O)[C@H](F)Cl. The molecule has 2 saturated heterocycles. The van der Waals surface area contributed by atoms with Crippen LogP contribution in [-0.2, 0) is 24.0 Å². The highest BCUT2D eigenvalue weighted by Gasteiger charge is 2.62. The summed E-state index contributed by atoms with van der Waals surface area (Å²) in [6.07, 6.45) is 2.72. The van der Waals surface area contributed by atoms with Gasteiger partial charge in [0.05, 0.1) is 12.5 Å². The number of amides is 5. The van der Waals surface area contributed by atoms with Crippen LogP contribution in [-0.4, -0.2) is 82.7 Å². The van der Waals surface area contributed by atoms with E-state index in [0.717, 1.165) is 12.8 Å². The molecule has 224 valence electrons. The van der Waals surface area contributed by atoms with Crippen molar-refractivity contribution in [3.8, 4) is 0 Å². The van der Waals surface area contributed by atoms with Crippen molar-refractivity contribution in [1.29, 1.82) is 0 Å². The molecule has 0 aromatic heterocycles. The van der Waals surface area contributed by atoms with E-state index in [0.29, 0.717) is 30.8 Å². The molecule has 7 atom stereocenters. The molecule has 2 aliphatic carbocycles. The first-order chi connectivity index (χ1) is 18.6. The van der Waals surface area contributed by atoms with Crippen molar-refractivity contribution < 1.29 is 37.1 Å². The first kappa shape index (κ1) is 30.4. The fourth-order valence-corrected chi connectivity index (χ4v) is 6.28. The second kappa shape index (κ2) is 11.4. The summed E-state index contributed by atoms with van der Waals surface area (Å²) in [7, 11) is 0. The van der Waals surface area contributed by atoms with Crippen LogP contribution in [0.2, 0.25) is 0 Å². The zero-order valence-corrected chi connectivity index (χ0v) is 23.6. The first-order valence-corrected chi connectivity index (χ1v) is 14.2. The van der Waals surface area contributed by atoms with Gasteiger partial charge in [0, 0.05) is 19.5 Å². The summed E-state index contributed by atoms with van der Waals surface area (Å²) in [4.78, 5) is 66.4. The van der Waals surface area contributed by atoms with Gasteiger partial charge in [-0.2, -0.15) is 0 Å². The molecule has 0 bridgehead atoms. The fraction of sp³-hybridized carbons (Fsp3) is 0.808. The van der Waals surface area contributed by atoms with Gasteiger partial charge < -0.3 is 15.5 Å². The number of hydrogen-bond acceptors (Lipinski definition) is 5. The third-order valence-electron chi connectivity index (χ3n) is 8.48. The van der Waals surface area contributed by atoms with E-state index in [1.54, 1.807) is 20.8 Å². The molecule has 0 radical (unpaired) electrons. The van der Waals surface area contributed by atoms with Crippen LogP contribution in [0.5, 0.6) is 0 Å². The van der Waals surface area contributed by atoms with Gasteiger partial charge in [-0.1, -0.05) is 38.8 Å². The molecule has 3 N–H and O–H groups in total. The largest absolute Gasteiger partial charge is 0.356 e. The Labute approximate surface area is 236 Å². The molecule has 10 nitrogen and oxygen atoms in total. The zero-order valence-electron chi connectivity index (χ0n) is 22.9. The van der Waals surface area contributed by atoms with E-state index in [2.05, 4.69) is 16.1 Å². The van der Waals surface area contributed by atoms with Crippen LogP contribution < -0.4 is 16.1 Å². The van der Waals surface area contributed by atoms with E-state index in [-0.39, 0.29) is 30.8 Å². The number of likely N-dealkylation sites (tertiary alicyclic amines) is 1.